The monoisotopic (exact) mass is 451 g/mol. The van der Waals surface area contributed by atoms with E-state index in [4.69, 9.17) is 62.7 Å². The summed E-state index contributed by atoms with van der Waals surface area (Å²) in [5.41, 5.74) is 12.0. The Morgan fingerprint density at radius 3 is 1.59 bits per heavy atom. The number of halogens is 4. The van der Waals surface area contributed by atoms with Crippen LogP contribution in [0.1, 0.15) is 27.6 Å². The second-order valence-corrected chi connectivity index (χ2v) is 6.81. The summed E-state index contributed by atoms with van der Waals surface area (Å²) < 4.78 is 0. The largest absolute Gasteiger partial charge is 0.397 e. The van der Waals surface area contributed by atoms with Gasteiger partial charge in [0.05, 0.1) is 49.7 Å². The van der Waals surface area contributed by atoms with Crippen LogP contribution in [0, 0.1) is 0 Å². The number of nitrogens with two attached hydrogens (primary N) is 2. The summed E-state index contributed by atoms with van der Waals surface area (Å²) in [5, 5.41) is 2.24. The Kier molecular flexibility index (Phi) is 8.65. The molecule has 0 aromatic heterocycles. The fourth-order valence-corrected chi connectivity index (χ4v) is 2.81. The van der Waals surface area contributed by atoms with Gasteiger partial charge in [-0.1, -0.05) is 46.4 Å². The highest BCUT2D eigenvalue weighted by Crippen LogP contribution is 2.30. The van der Waals surface area contributed by atoms with E-state index in [2.05, 4.69) is 0 Å². The molecule has 2 rings (SSSR count). The highest BCUT2D eigenvalue weighted by Gasteiger charge is 2.20. The molecule has 0 aliphatic rings. The predicted octanol–water partition coefficient (Wildman–Crippen LogP) is 4.99. The lowest BCUT2D eigenvalue weighted by Crippen LogP contribution is -2.26. The summed E-state index contributed by atoms with van der Waals surface area (Å²) in [6.45, 7) is 1.40. The van der Waals surface area contributed by atoms with Gasteiger partial charge in [-0.25, -0.2) is 5.06 Å². The molecule has 0 saturated heterocycles. The molecular weight excluding hydrogens is 436 g/mol. The van der Waals surface area contributed by atoms with Crippen molar-refractivity contribution in [1.29, 1.82) is 0 Å². The van der Waals surface area contributed by atoms with Gasteiger partial charge in [-0.05, 0) is 31.2 Å². The number of hydroxylamine groups is 2. The summed E-state index contributed by atoms with van der Waals surface area (Å²) in [6, 6.07) is 6.16. The van der Waals surface area contributed by atoms with Gasteiger partial charge < -0.3 is 11.5 Å². The molecule has 0 bridgehead atoms. The zero-order valence-electron chi connectivity index (χ0n) is 14.6. The third-order valence-corrected chi connectivity index (χ3v) is 4.70. The normalized spacial score (nSPS) is 10.0. The average molecular weight is 453 g/mol. The SMILES string of the molecule is CC(=O)c1c(Cl)ccc(Cl)c1N.CON(C)C(=O)c1c(Cl)ccc(Cl)c1N. The maximum absolute atomic E-state index is 11.7. The number of carbonyl (C=O) groups is 2. The number of anilines is 2. The highest BCUT2D eigenvalue weighted by atomic mass is 35.5. The number of nitrogens with zero attached hydrogens (tertiary/aromatic N) is 1. The van der Waals surface area contributed by atoms with Crippen LogP contribution >= 0.6 is 46.4 Å². The Hall–Kier alpha value is -1.70. The predicted molar refractivity (Wildman–Crippen MR) is 111 cm³/mol. The van der Waals surface area contributed by atoms with E-state index < -0.39 is 5.91 Å². The second-order valence-electron chi connectivity index (χ2n) is 5.18. The van der Waals surface area contributed by atoms with Crippen molar-refractivity contribution >= 4 is 69.5 Å². The molecular formula is C17H17Cl4N3O3. The maximum Gasteiger partial charge on any atom is 0.280 e. The number of amides is 1. The summed E-state index contributed by atoms with van der Waals surface area (Å²) in [4.78, 5) is 27.5. The molecule has 0 radical (unpaired) electrons. The first-order valence-electron chi connectivity index (χ1n) is 7.32. The van der Waals surface area contributed by atoms with E-state index >= 15 is 0 Å². The van der Waals surface area contributed by atoms with Crippen molar-refractivity contribution in [2.45, 2.75) is 6.92 Å². The first-order valence-corrected chi connectivity index (χ1v) is 8.84. The van der Waals surface area contributed by atoms with Crippen LogP contribution in [0.5, 0.6) is 0 Å². The number of Topliss-reactive ketones (excluding diaryl/α,β-unsaturated/α-hetero) is 1. The van der Waals surface area contributed by atoms with Gasteiger partial charge in [0.2, 0.25) is 0 Å². The van der Waals surface area contributed by atoms with Crippen LogP contribution in [0.3, 0.4) is 0 Å². The van der Waals surface area contributed by atoms with Gasteiger partial charge in [0.15, 0.2) is 5.78 Å². The highest BCUT2D eigenvalue weighted by molar-refractivity contribution is 6.39. The first kappa shape index (κ1) is 23.3. The zero-order chi connectivity index (χ0) is 20.9. The lowest BCUT2D eigenvalue weighted by atomic mass is 10.1. The molecule has 0 saturated carbocycles. The summed E-state index contributed by atoms with van der Waals surface area (Å²) in [7, 11) is 2.82. The van der Waals surface area contributed by atoms with Crippen LogP contribution < -0.4 is 11.5 Å². The van der Waals surface area contributed by atoms with E-state index in [1.165, 1.54) is 33.2 Å². The van der Waals surface area contributed by atoms with Crippen molar-refractivity contribution in [2.75, 3.05) is 25.6 Å². The zero-order valence-corrected chi connectivity index (χ0v) is 17.7. The van der Waals surface area contributed by atoms with E-state index in [9.17, 15) is 9.59 Å². The number of carbonyl (C=O) groups excluding carboxylic acids is 2. The van der Waals surface area contributed by atoms with E-state index in [-0.39, 0.29) is 32.8 Å². The van der Waals surface area contributed by atoms with Crippen LogP contribution in [0.15, 0.2) is 24.3 Å². The number of rotatable bonds is 3. The van der Waals surface area contributed by atoms with Crippen LogP contribution in [-0.2, 0) is 4.84 Å². The van der Waals surface area contributed by atoms with Gasteiger partial charge in [-0.15, -0.1) is 0 Å². The number of benzene rings is 2. The van der Waals surface area contributed by atoms with Gasteiger partial charge in [-0.2, -0.15) is 0 Å². The topological polar surface area (TPSA) is 98.7 Å². The van der Waals surface area contributed by atoms with Crippen molar-refractivity contribution in [3.63, 3.8) is 0 Å². The molecule has 2 aromatic rings. The molecule has 0 aliphatic heterocycles. The number of ketones is 1. The lowest BCUT2D eigenvalue weighted by molar-refractivity contribution is -0.0756. The smallest absolute Gasteiger partial charge is 0.280 e. The molecule has 1 amide bonds. The Morgan fingerprint density at radius 2 is 1.22 bits per heavy atom. The number of hydrogen-bond acceptors (Lipinski definition) is 5. The standard InChI is InChI=1S/C9H10Cl2N2O2.C8H7Cl2NO/c1-13(15-2)9(14)7-5(10)3-4-6(11)8(7)12;1-4(12)7-5(9)2-3-6(10)8(7)11/h3-4H,12H2,1-2H3;2-3H,11H2,1H3. The van der Waals surface area contributed by atoms with Crippen molar-refractivity contribution in [2.24, 2.45) is 0 Å². The van der Waals surface area contributed by atoms with Gasteiger partial charge in [0.1, 0.15) is 0 Å². The summed E-state index contributed by atoms with van der Waals surface area (Å²) in [5.74, 6) is -0.623. The Bertz CT molecular complexity index is 875. The molecule has 6 nitrogen and oxygen atoms in total. The average Bonchev–Trinajstić information content (AvgIpc) is 2.61. The number of nitrogen functional groups attached to an aromatic ring is 2. The molecule has 0 atom stereocenters. The van der Waals surface area contributed by atoms with Crippen molar-refractivity contribution < 1.29 is 14.4 Å². The fourth-order valence-electron chi connectivity index (χ4n) is 1.95. The fraction of sp³-hybridized carbons (Fsp3) is 0.176. The maximum atomic E-state index is 11.7. The lowest BCUT2D eigenvalue weighted by Gasteiger charge is -2.16. The molecule has 0 fully saturated rings. The van der Waals surface area contributed by atoms with Crippen molar-refractivity contribution in [3.8, 4) is 0 Å². The molecule has 27 heavy (non-hydrogen) atoms. The van der Waals surface area contributed by atoms with Crippen molar-refractivity contribution in [1.82, 2.24) is 5.06 Å². The molecule has 0 unspecified atom stereocenters. The van der Waals surface area contributed by atoms with Crippen LogP contribution in [0.4, 0.5) is 11.4 Å². The molecule has 146 valence electrons. The van der Waals surface area contributed by atoms with E-state index in [0.29, 0.717) is 15.6 Å². The first-order chi connectivity index (χ1) is 12.5. The molecule has 2 aromatic carbocycles. The van der Waals surface area contributed by atoms with Gasteiger partial charge in [-0.3, -0.25) is 14.4 Å². The third-order valence-electron chi connectivity index (χ3n) is 3.41. The number of hydrogen-bond donors (Lipinski definition) is 2. The Labute approximate surface area is 176 Å². The molecule has 0 spiro atoms. The van der Waals surface area contributed by atoms with E-state index in [0.717, 1.165) is 5.06 Å². The Morgan fingerprint density at radius 1 is 0.852 bits per heavy atom. The third kappa shape index (κ3) is 5.64. The van der Waals surface area contributed by atoms with Gasteiger partial charge >= 0.3 is 0 Å². The van der Waals surface area contributed by atoms with Crippen LogP contribution in [0.25, 0.3) is 0 Å². The summed E-state index contributed by atoms with van der Waals surface area (Å²) >= 11 is 23.1. The minimum atomic E-state index is -0.442. The summed E-state index contributed by atoms with van der Waals surface area (Å²) in [6.07, 6.45) is 0. The minimum absolute atomic E-state index is 0.147. The van der Waals surface area contributed by atoms with Crippen molar-refractivity contribution in [3.05, 3.63) is 55.5 Å². The van der Waals surface area contributed by atoms with Gasteiger partial charge in [0, 0.05) is 7.05 Å². The minimum Gasteiger partial charge on any atom is -0.397 e. The quantitative estimate of drug-likeness (QED) is 0.388. The van der Waals surface area contributed by atoms with E-state index in [1.807, 2.05) is 0 Å². The molecule has 0 heterocycles. The molecule has 10 heteroatoms. The second kappa shape index (κ2) is 10.0. The van der Waals surface area contributed by atoms with Crippen LogP contribution in [-0.4, -0.2) is 30.9 Å². The van der Waals surface area contributed by atoms with Crippen LogP contribution in [0.2, 0.25) is 20.1 Å². The van der Waals surface area contributed by atoms with E-state index in [1.54, 1.807) is 12.1 Å². The van der Waals surface area contributed by atoms with Gasteiger partial charge in [0.25, 0.3) is 5.91 Å². The molecule has 0 aliphatic carbocycles. The molecule has 4 N–H and O–H groups in total. The Balaban J connectivity index is 0.000000277.